The van der Waals surface area contributed by atoms with Crippen LogP contribution in [0.25, 0.3) is 10.8 Å². The lowest BCUT2D eigenvalue weighted by Crippen LogP contribution is -2.43. The second-order valence-electron chi connectivity index (χ2n) is 6.57. The van der Waals surface area contributed by atoms with Gasteiger partial charge in [-0.1, -0.05) is 18.2 Å². The van der Waals surface area contributed by atoms with Crippen LogP contribution in [-0.2, 0) is 4.74 Å². The third-order valence-corrected chi connectivity index (χ3v) is 4.74. The fourth-order valence-corrected chi connectivity index (χ4v) is 3.33. The Morgan fingerprint density at radius 3 is 2.67 bits per heavy atom. The van der Waals surface area contributed by atoms with Gasteiger partial charge in [0.05, 0.1) is 18.6 Å². The quantitative estimate of drug-likeness (QED) is 0.745. The molecule has 1 aliphatic rings. The van der Waals surface area contributed by atoms with Gasteiger partial charge in [-0.25, -0.2) is 5.10 Å². The standard InChI is InChI=1S/C20H20N4O3/c1-13-12-27-11-10-24(13)15-8-6-14(7-9-15)21-20(26)18-16-4-2-3-5-17(16)19(25)23-22-18/h2-9,13H,10-12H2,1H3,(H,21,26)(H,23,25). The normalized spacial score (nSPS) is 17.1. The van der Waals surface area contributed by atoms with E-state index in [0.717, 1.165) is 12.2 Å². The number of H-pyrrole nitrogens is 1. The minimum absolute atomic E-state index is 0.191. The fourth-order valence-electron chi connectivity index (χ4n) is 3.33. The molecule has 0 aliphatic carbocycles. The number of amides is 1. The molecule has 0 bridgehead atoms. The van der Waals surface area contributed by atoms with Crippen LogP contribution in [-0.4, -0.2) is 41.9 Å². The van der Waals surface area contributed by atoms with Crippen LogP contribution in [0, 0.1) is 0 Å². The van der Waals surface area contributed by atoms with Gasteiger partial charge in [-0.3, -0.25) is 9.59 Å². The Bertz CT molecular complexity index is 1030. The molecule has 27 heavy (non-hydrogen) atoms. The van der Waals surface area contributed by atoms with Crippen LogP contribution in [0.3, 0.4) is 0 Å². The van der Waals surface area contributed by atoms with Crippen LogP contribution in [0.4, 0.5) is 11.4 Å². The number of rotatable bonds is 3. The predicted octanol–water partition coefficient (Wildman–Crippen LogP) is 2.40. The molecule has 1 amide bonds. The van der Waals surface area contributed by atoms with Crippen LogP contribution < -0.4 is 15.8 Å². The number of aromatic amines is 1. The van der Waals surface area contributed by atoms with E-state index < -0.39 is 0 Å². The SMILES string of the molecule is CC1COCCN1c1ccc(NC(=O)c2n[nH]c(=O)c3ccccc23)cc1. The Morgan fingerprint density at radius 2 is 1.93 bits per heavy atom. The van der Waals surface area contributed by atoms with Crippen molar-refractivity contribution >= 4 is 28.1 Å². The molecule has 1 unspecified atom stereocenters. The molecule has 7 heteroatoms. The lowest BCUT2D eigenvalue weighted by molar-refractivity contribution is 0.0989. The third kappa shape index (κ3) is 3.41. The Kier molecular flexibility index (Phi) is 4.60. The van der Waals surface area contributed by atoms with E-state index in [9.17, 15) is 9.59 Å². The van der Waals surface area contributed by atoms with Gasteiger partial charge in [-0.05, 0) is 37.3 Å². The van der Waals surface area contributed by atoms with E-state index in [-0.39, 0.29) is 17.2 Å². The molecule has 3 aromatic rings. The monoisotopic (exact) mass is 364 g/mol. The summed E-state index contributed by atoms with van der Waals surface area (Å²) in [5.41, 5.74) is 1.64. The van der Waals surface area contributed by atoms with Crippen LogP contribution in [0.2, 0.25) is 0 Å². The minimum Gasteiger partial charge on any atom is -0.377 e. The molecule has 1 aromatic heterocycles. The highest BCUT2D eigenvalue weighted by Crippen LogP contribution is 2.22. The van der Waals surface area contributed by atoms with Gasteiger partial charge in [0.2, 0.25) is 0 Å². The Balaban J connectivity index is 1.55. The molecule has 0 spiro atoms. The number of benzene rings is 2. The van der Waals surface area contributed by atoms with Crippen molar-refractivity contribution in [2.45, 2.75) is 13.0 Å². The average molecular weight is 364 g/mol. The Hall–Kier alpha value is -3.19. The molecule has 1 atom stereocenters. The molecule has 0 radical (unpaired) electrons. The van der Waals surface area contributed by atoms with E-state index in [4.69, 9.17) is 4.74 Å². The van der Waals surface area contributed by atoms with Gasteiger partial charge in [-0.2, -0.15) is 5.10 Å². The maximum atomic E-state index is 12.7. The first kappa shape index (κ1) is 17.2. The largest absolute Gasteiger partial charge is 0.377 e. The lowest BCUT2D eigenvalue weighted by Gasteiger charge is -2.35. The summed E-state index contributed by atoms with van der Waals surface area (Å²) in [7, 11) is 0. The molecule has 2 aromatic carbocycles. The van der Waals surface area contributed by atoms with Crippen molar-refractivity contribution in [3.63, 3.8) is 0 Å². The van der Waals surface area contributed by atoms with Gasteiger partial charge >= 0.3 is 0 Å². The number of nitrogens with zero attached hydrogens (tertiary/aromatic N) is 2. The summed E-state index contributed by atoms with van der Waals surface area (Å²) < 4.78 is 5.47. The van der Waals surface area contributed by atoms with Crippen molar-refractivity contribution in [2.24, 2.45) is 0 Å². The highest BCUT2D eigenvalue weighted by atomic mass is 16.5. The van der Waals surface area contributed by atoms with Gasteiger partial charge in [-0.15, -0.1) is 0 Å². The predicted molar refractivity (Wildman–Crippen MR) is 104 cm³/mol. The van der Waals surface area contributed by atoms with E-state index in [2.05, 4.69) is 27.3 Å². The molecule has 1 saturated heterocycles. The van der Waals surface area contributed by atoms with Crippen LogP contribution in [0.5, 0.6) is 0 Å². The van der Waals surface area contributed by atoms with E-state index in [0.29, 0.717) is 35.7 Å². The molecule has 0 saturated carbocycles. The van der Waals surface area contributed by atoms with Crippen molar-refractivity contribution in [3.05, 3.63) is 64.6 Å². The van der Waals surface area contributed by atoms with Crippen molar-refractivity contribution < 1.29 is 9.53 Å². The van der Waals surface area contributed by atoms with E-state index in [1.165, 1.54) is 0 Å². The highest BCUT2D eigenvalue weighted by Gasteiger charge is 2.19. The Morgan fingerprint density at radius 1 is 1.19 bits per heavy atom. The average Bonchev–Trinajstić information content (AvgIpc) is 2.69. The third-order valence-electron chi connectivity index (χ3n) is 4.74. The Labute approximate surface area is 156 Å². The number of fused-ring (bicyclic) bond motifs is 1. The molecule has 138 valence electrons. The summed E-state index contributed by atoms with van der Waals surface area (Å²) >= 11 is 0. The van der Waals surface area contributed by atoms with Crippen molar-refractivity contribution in [3.8, 4) is 0 Å². The number of hydrogen-bond acceptors (Lipinski definition) is 5. The maximum absolute atomic E-state index is 12.7. The number of morpholine rings is 1. The zero-order chi connectivity index (χ0) is 18.8. The van der Waals surface area contributed by atoms with Crippen molar-refractivity contribution in [2.75, 3.05) is 30.0 Å². The van der Waals surface area contributed by atoms with Crippen molar-refractivity contribution in [1.82, 2.24) is 10.2 Å². The summed E-state index contributed by atoms with van der Waals surface area (Å²) in [5.74, 6) is -0.366. The first-order chi connectivity index (χ1) is 13.1. The van der Waals surface area contributed by atoms with Gasteiger partial charge in [0.15, 0.2) is 5.69 Å². The summed E-state index contributed by atoms with van der Waals surface area (Å²) in [6, 6.07) is 14.9. The van der Waals surface area contributed by atoms with Gasteiger partial charge < -0.3 is 15.0 Å². The number of carbonyl (C=O) groups excluding carboxylic acids is 1. The van der Waals surface area contributed by atoms with Crippen LogP contribution in [0.15, 0.2) is 53.3 Å². The summed E-state index contributed by atoms with van der Waals surface area (Å²) in [4.78, 5) is 26.8. The van der Waals surface area contributed by atoms with Crippen molar-refractivity contribution in [1.29, 1.82) is 0 Å². The molecule has 4 rings (SSSR count). The van der Waals surface area contributed by atoms with E-state index >= 15 is 0 Å². The van der Waals surface area contributed by atoms with E-state index in [1.807, 2.05) is 24.3 Å². The summed E-state index contributed by atoms with van der Waals surface area (Å²) in [6.45, 7) is 4.40. The van der Waals surface area contributed by atoms with Gasteiger partial charge in [0.25, 0.3) is 11.5 Å². The second-order valence-corrected chi connectivity index (χ2v) is 6.57. The number of anilines is 2. The summed E-state index contributed by atoms with van der Waals surface area (Å²) in [5, 5.41) is 10.1. The number of hydrogen-bond donors (Lipinski definition) is 2. The second kappa shape index (κ2) is 7.20. The fraction of sp³-hybridized carbons (Fsp3) is 0.250. The molecule has 1 fully saturated rings. The molecular formula is C20H20N4O3. The molecular weight excluding hydrogens is 344 g/mol. The maximum Gasteiger partial charge on any atom is 0.276 e. The van der Waals surface area contributed by atoms with Crippen LogP contribution in [0.1, 0.15) is 17.4 Å². The zero-order valence-corrected chi connectivity index (χ0v) is 14.9. The highest BCUT2D eigenvalue weighted by molar-refractivity contribution is 6.11. The zero-order valence-electron chi connectivity index (χ0n) is 14.9. The first-order valence-corrected chi connectivity index (χ1v) is 8.87. The molecule has 1 aliphatic heterocycles. The van der Waals surface area contributed by atoms with E-state index in [1.54, 1.807) is 24.3 Å². The lowest BCUT2D eigenvalue weighted by atomic mass is 10.1. The first-order valence-electron chi connectivity index (χ1n) is 8.87. The number of carbonyl (C=O) groups is 1. The number of ether oxygens (including phenoxy) is 1. The smallest absolute Gasteiger partial charge is 0.276 e. The molecule has 7 nitrogen and oxygen atoms in total. The summed E-state index contributed by atoms with van der Waals surface area (Å²) in [6.07, 6.45) is 0. The molecule has 2 N–H and O–H groups in total. The topological polar surface area (TPSA) is 87.3 Å². The minimum atomic E-state index is -0.366. The van der Waals surface area contributed by atoms with Gasteiger partial charge in [0, 0.05) is 29.3 Å². The number of aromatic nitrogens is 2. The van der Waals surface area contributed by atoms with Crippen LogP contribution >= 0.6 is 0 Å². The molecule has 2 heterocycles. The number of nitrogens with one attached hydrogen (secondary N) is 2. The van der Waals surface area contributed by atoms with Gasteiger partial charge in [0.1, 0.15) is 0 Å².